The van der Waals surface area contributed by atoms with Crippen molar-refractivity contribution in [1.82, 2.24) is 30.0 Å². The normalized spacial score (nSPS) is 18.4. The Balaban J connectivity index is 0.00000144. The van der Waals surface area contributed by atoms with Crippen molar-refractivity contribution in [3.8, 4) is 0 Å². The van der Waals surface area contributed by atoms with Gasteiger partial charge >= 0.3 is 0 Å². The van der Waals surface area contributed by atoms with E-state index in [9.17, 15) is 4.79 Å². The van der Waals surface area contributed by atoms with Gasteiger partial charge in [-0.15, -0.1) is 24.8 Å². The van der Waals surface area contributed by atoms with E-state index in [-0.39, 0.29) is 36.8 Å². The summed E-state index contributed by atoms with van der Waals surface area (Å²) in [6, 6.07) is -0.343. The Labute approximate surface area is 154 Å². The Hall–Kier alpha value is -1.57. The first-order valence-corrected chi connectivity index (χ1v) is 7.63. The van der Waals surface area contributed by atoms with E-state index in [2.05, 4.69) is 20.4 Å². The molecule has 0 bridgehead atoms. The number of hydrogen-bond acceptors (Lipinski definition) is 4. The molecule has 2 aromatic rings. The van der Waals surface area contributed by atoms with Gasteiger partial charge in [0.05, 0.1) is 6.20 Å². The van der Waals surface area contributed by atoms with Crippen molar-refractivity contribution < 1.29 is 4.79 Å². The number of carbonyl (C=O) groups excluding carboxylic acids is 1. The Kier molecular flexibility index (Phi) is 7.72. The molecule has 9 heteroatoms. The number of likely N-dealkylation sites (N-methyl/N-ethyl adjacent to an activating group) is 1. The summed E-state index contributed by atoms with van der Waals surface area (Å²) in [7, 11) is 3.66. The number of nitrogens with zero attached hydrogens (tertiary/aromatic N) is 4. The van der Waals surface area contributed by atoms with Crippen molar-refractivity contribution in [2.45, 2.75) is 24.8 Å². The third-order valence-corrected chi connectivity index (χ3v) is 4.23. The number of aromatic nitrogens is 4. The van der Waals surface area contributed by atoms with E-state index in [0.29, 0.717) is 12.5 Å². The third-order valence-electron chi connectivity index (χ3n) is 4.23. The first-order valence-electron chi connectivity index (χ1n) is 7.63. The highest BCUT2D eigenvalue weighted by Crippen LogP contribution is 2.26. The summed E-state index contributed by atoms with van der Waals surface area (Å²) >= 11 is 0. The predicted molar refractivity (Wildman–Crippen MR) is 96.6 cm³/mol. The molecule has 0 radical (unpaired) electrons. The SMILES string of the molecule is CNC(C(=O)N1CCCC(c2ncc[nH]2)C1)c1cnn(C)c1.Cl.Cl. The predicted octanol–water partition coefficient (Wildman–Crippen LogP) is 1.65. The van der Waals surface area contributed by atoms with Gasteiger partial charge in [-0.05, 0) is 19.9 Å². The van der Waals surface area contributed by atoms with Crippen molar-refractivity contribution in [2.75, 3.05) is 20.1 Å². The van der Waals surface area contributed by atoms with Crippen LogP contribution in [-0.4, -0.2) is 50.7 Å². The average Bonchev–Trinajstić information content (AvgIpc) is 3.20. The van der Waals surface area contributed by atoms with Gasteiger partial charge in [-0.25, -0.2) is 4.98 Å². The summed E-state index contributed by atoms with van der Waals surface area (Å²) in [5.41, 5.74) is 0.898. The Morgan fingerprint density at radius 2 is 2.25 bits per heavy atom. The van der Waals surface area contributed by atoms with E-state index < -0.39 is 0 Å². The van der Waals surface area contributed by atoms with Gasteiger partial charge in [0.15, 0.2) is 0 Å². The third kappa shape index (κ3) is 4.28. The van der Waals surface area contributed by atoms with Crippen LogP contribution < -0.4 is 5.32 Å². The van der Waals surface area contributed by atoms with Gasteiger partial charge in [-0.1, -0.05) is 0 Å². The first kappa shape index (κ1) is 20.5. The number of piperidine rings is 1. The fourth-order valence-corrected chi connectivity index (χ4v) is 3.11. The Morgan fingerprint density at radius 1 is 1.46 bits per heavy atom. The molecule has 1 amide bonds. The maximum atomic E-state index is 12.8. The molecule has 2 aromatic heterocycles. The summed E-state index contributed by atoms with van der Waals surface area (Å²) in [6.45, 7) is 1.51. The number of aromatic amines is 1. The molecule has 24 heavy (non-hydrogen) atoms. The highest BCUT2D eigenvalue weighted by molar-refractivity contribution is 5.85. The minimum Gasteiger partial charge on any atom is -0.348 e. The van der Waals surface area contributed by atoms with Crippen LogP contribution >= 0.6 is 24.8 Å². The average molecular weight is 375 g/mol. The quantitative estimate of drug-likeness (QED) is 0.852. The van der Waals surface area contributed by atoms with Crippen LogP contribution in [-0.2, 0) is 11.8 Å². The molecule has 1 aliphatic rings. The molecular formula is C15H24Cl2N6O. The number of likely N-dealkylation sites (tertiary alicyclic amines) is 1. The number of halogens is 2. The second-order valence-corrected chi connectivity index (χ2v) is 5.77. The number of imidazole rings is 1. The lowest BCUT2D eigenvalue weighted by molar-refractivity contribution is -0.134. The minimum atomic E-state index is -0.343. The van der Waals surface area contributed by atoms with Crippen LogP contribution in [0.1, 0.15) is 36.2 Å². The first-order chi connectivity index (χ1) is 10.7. The van der Waals surface area contributed by atoms with Crippen molar-refractivity contribution in [3.63, 3.8) is 0 Å². The van der Waals surface area contributed by atoms with E-state index in [0.717, 1.165) is 30.8 Å². The molecule has 1 saturated heterocycles. The van der Waals surface area contributed by atoms with Crippen LogP contribution in [0.4, 0.5) is 0 Å². The molecular weight excluding hydrogens is 351 g/mol. The van der Waals surface area contributed by atoms with Gasteiger partial charge in [0, 0.05) is 50.2 Å². The van der Waals surface area contributed by atoms with Gasteiger partial charge in [0.1, 0.15) is 11.9 Å². The molecule has 0 aromatic carbocycles. The van der Waals surface area contributed by atoms with Gasteiger partial charge in [0.25, 0.3) is 0 Å². The van der Waals surface area contributed by atoms with Crippen molar-refractivity contribution >= 4 is 30.7 Å². The summed E-state index contributed by atoms with van der Waals surface area (Å²) in [6.07, 6.45) is 9.29. The van der Waals surface area contributed by atoms with Crippen LogP contribution in [0.2, 0.25) is 0 Å². The monoisotopic (exact) mass is 374 g/mol. The van der Waals surface area contributed by atoms with Gasteiger partial charge in [-0.3, -0.25) is 9.48 Å². The molecule has 7 nitrogen and oxygen atoms in total. The molecule has 2 N–H and O–H groups in total. The summed E-state index contributed by atoms with van der Waals surface area (Å²) in [5.74, 6) is 1.37. The minimum absolute atomic E-state index is 0. The zero-order chi connectivity index (χ0) is 15.5. The highest BCUT2D eigenvalue weighted by Gasteiger charge is 2.31. The van der Waals surface area contributed by atoms with E-state index in [4.69, 9.17) is 0 Å². The smallest absolute Gasteiger partial charge is 0.244 e. The second-order valence-electron chi connectivity index (χ2n) is 5.77. The molecule has 0 aliphatic carbocycles. The molecule has 2 atom stereocenters. The van der Waals surface area contributed by atoms with Crippen LogP contribution in [0.3, 0.4) is 0 Å². The van der Waals surface area contributed by atoms with Gasteiger partial charge in [-0.2, -0.15) is 5.10 Å². The Bertz CT molecular complexity index is 630. The molecule has 1 fully saturated rings. The van der Waals surface area contributed by atoms with Gasteiger partial charge < -0.3 is 15.2 Å². The van der Waals surface area contributed by atoms with Crippen LogP contribution in [0.25, 0.3) is 0 Å². The number of amides is 1. The van der Waals surface area contributed by atoms with Crippen molar-refractivity contribution in [2.24, 2.45) is 7.05 Å². The van der Waals surface area contributed by atoms with Gasteiger partial charge in [0.2, 0.25) is 5.91 Å². The summed E-state index contributed by atoms with van der Waals surface area (Å²) in [4.78, 5) is 22.3. The molecule has 1 aliphatic heterocycles. The molecule has 0 spiro atoms. The largest absolute Gasteiger partial charge is 0.348 e. The number of rotatable bonds is 4. The lowest BCUT2D eigenvalue weighted by atomic mass is 9.96. The Morgan fingerprint density at radius 3 is 2.83 bits per heavy atom. The van der Waals surface area contributed by atoms with E-state index >= 15 is 0 Å². The fraction of sp³-hybridized carbons (Fsp3) is 0.533. The molecule has 3 rings (SSSR count). The number of hydrogen-bond donors (Lipinski definition) is 2. The molecule has 134 valence electrons. The number of nitrogens with one attached hydrogen (secondary N) is 2. The number of aryl methyl sites for hydroxylation is 1. The lowest BCUT2D eigenvalue weighted by Crippen LogP contribution is -2.44. The fourth-order valence-electron chi connectivity index (χ4n) is 3.11. The topological polar surface area (TPSA) is 78.8 Å². The van der Waals surface area contributed by atoms with Crippen molar-refractivity contribution in [1.29, 1.82) is 0 Å². The maximum absolute atomic E-state index is 12.8. The standard InChI is InChI=1S/C15H22N6O.2ClH/c1-16-13(12-8-19-20(2)9-12)15(22)21-7-3-4-11(10-21)14-17-5-6-18-14;;/h5-6,8-9,11,13,16H,3-4,7,10H2,1-2H3,(H,17,18);2*1H. The second kappa shape index (κ2) is 9.05. The molecule has 2 unspecified atom stereocenters. The van der Waals surface area contributed by atoms with Crippen LogP contribution in [0.5, 0.6) is 0 Å². The van der Waals surface area contributed by atoms with E-state index in [1.807, 2.05) is 31.4 Å². The van der Waals surface area contributed by atoms with Crippen molar-refractivity contribution in [3.05, 3.63) is 36.2 Å². The summed E-state index contributed by atoms with van der Waals surface area (Å²) < 4.78 is 1.72. The van der Waals surface area contributed by atoms with Crippen LogP contribution in [0, 0.1) is 0 Å². The zero-order valence-electron chi connectivity index (χ0n) is 13.8. The zero-order valence-corrected chi connectivity index (χ0v) is 15.4. The maximum Gasteiger partial charge on any atom is 0.244 e. The van der Waals surface area contributed by atoms with E-state index in [1.54, 1.807) is 17.1 Å². The van der Waals surface area contributed by atoms with E-state index in [1.165, 1.54) is 0 Å². The molecule has 0 saturated carbocycles. The number of carbonyl (C=O) groups is 1. The number of H-pyrrole nitrogens is 1. The highest BCUT2D eigenvalue weighted by atomic mass is 35.5. The summed E-state index contributed by atoms with van der Waals surface area (Å²) in [5, 5.41) is 7.27. The lowest BCUT2D eigenvalue weighted by Gasteiger charge is -2.34. The molecule has 3 heterocycles. The van der Waals surface area contributed by atoms with Crippen LogP contribution in [0.15, 0.2) is 24.8 Å².